The van der Waals surface area contributed by atoms with Gasteiger partial charge in [0.25, 0.3) is 5.91 Å². The molecule has 0 atom stereocenters. The first-order valence-corrected chi connectivity index (χ1v) is 5.35. The average molecular weight is 273 g/mol. The molecule has 0 spiro atoms. The molecular formula is C10H9ClN2O3S. The van der Waals surface area contributed by atoms with E-state index < -0.39 is 11.9 Å². The van der Waals surface area contributed by atoms with Crippen LogP contribution in [0.25, 0.3) is 0 Å². The number of carbonyl (C=O) groups is 2. The van der Waals surface area contributed by atoms with Gasteiger partial charge in [0.1, 0.15) is 6.54 Å². The van der Waals surface area contributed by atoms with E-state index >= 15 is 0 Å². The molecule has 0 saturated carbocycles. The minimum absolute atomic E-state index is 0.0580. The standard InChI is InChI=1S/C10H9ClN2O3S/c11-7-4-2-1-3-6(7)9(16)13-10(17)12-5-8(14)15/h1-4H,5H2,(H,14,15)(H2,12,13,16,17). The van der Waals surface area contributed by atoms with Crippen LogP contribution in [-0.2, 0) is 4.79 Å². The van der Waals surface area contributed by atoms with Crippen LogP contribution < -0.4 is 10.6 Å². The molecule has 1 amide bonds. The third kappa shape index (κ3) is 4.38. The van der Waals surface area contributed by atoms with Gasteiger partial charge < -0.3 is 10.4 Å². The monoisotopic (exact) mass is 272 g/mol. The Morgan fingerprint density at radius 2 is 2.00 bits per heavy atom. The summed E-state index contributed by atoms with van der Waals surface area (Å²) in [5.41, 5.74) is 0.272. The van der Waals surface area contributed by atoms with E-state index in [1.54, 1.807) is 18.2 Å². The quantitative estimate of drug-likeness (QED) is 0.717. The van der Waals surface area contributed by atoms with Crippen molar-refractivity contribution < 1.29 is 14.7 Å². The Kier molecular flexibility index (Phi) is 4.86. The second kappa shape index (κ2) is 6.17. The van der Waals surface area contributed by atoms with Gasteiger partial charge in [-0.1, -0.05) is 23.7 Å². The third-order valence-electron chi connectivity index (χ3n) is 1.75. The van der Waals surface area contributed by atoms with Gasteiger partial charge in [0.2, 0.25) is 0 Å². The molecule has 0 unspecified atom stereocenters. The van der Waals surface area contributed by atoms with Gasteiger partial charge >= 0.3 is 5.97 Å². The summed E-state index contributed by atoms with van der Waals surface area (Å²) >= 11 is 10.6. The van der Waals surface area contributed by atoms with Crippen LogP contribution >= 0.6 is 23.8 Å². The maximum Gasteiger partial charge on any atom is 0.322 e. The van der Waals surface area contributed by atoms with E-state index in [0.717, 1.165) is 0 Å². The van der Waals surface area contributed by atoms with Crippen molar-refractivity contribution >= 4 is 40.8 Å². The number of carboxylic acid groups (broad SMARTS) is 1. The Balaban J connectivity index is 2.58. The fourth-order valence-electron chi connectivity index (χ4n) is 1.02. The predicted molar refractivity (Wildman–Crippen MR) is 67.2 cm³/mol. The molecule has 0 radical (unpaired) electrons. The molecule has 5 nitrogen and oxygen atoms in total. The van der Waals surface area contributed by atoms with Crippen LogP contribution in [0.2, 0.25) is 5.02 Å². The van der Waals surface area contributed by atoms with Gasteiger partial charge in [0.05, 0.1) is 10.6 Å². The van der Waals surface area contributed by atoms with E-state index in [0.29, 0.717) is 5.02 Å². The van der Waals surface area contributed by atoms with Crippen molar-refractivity contribution in [2.75, 3.05) is 6.54 Å². The van der Waals surface area contributed by atoms with Crippen molar-refractivity contribution in [1.29, 1.82) is 0 Å². The molecule has 0 aliphatic carbocycles. The van der Waals surface area contributed by atoms with Gasteiger partial charge in [-0.05, 0) is 24.4 Å². The highest BCUT2D eigenvalue weighted by Crippen LogP contribution is 2.14. The second-order valence-electron chi connectivity index (χ2n) is 3.01. The molecule has 1 aromatic carbocycles. The summed E-state index contributed by atoms with van der Waals surface area (Å²) in [6, 6.07) is 6.47. The highest BCUT2D eigenvalue weighted by Gasteiger charge is 2.11. The van der Waals surface area contributed by atoms with Gasteiger partial charge in [0, 0.05) is 0 Å². The molecule has 0 saturated heterocycles. The second-order valence-corrected chi connectivity index (χ2v) is 3.83. The minimum atomic E-state index is -1.07. The van der Waals surface area contributed by atoms with Gasteiger partial charge in [-0.25, -0.2) is 0 Å². The number of nitrogens with one attached hydrogen (secondary N) is 2. The van der Waals surface area contributed by atoms with Crippen LogP contribution in [0.15, 0.2) is 24.3 Å². The lowest BCUT2D eigenvalue weighted by atomic mass is 10.2. The number of aliphatic carboxylic acids is 1. The van der Waals surface area contributed by atoms with Crippen LogP contribution in [0, 0.1) is 0 Å². The Labute approximate surface area is 108 Å². The van der Waals surface area contributed by atoms with Gasteiger partial charge in [-0.15, -0.1) is 0 Å². The number of hydrogen-bond acceptors (Lipinski definition) is 3. The van der Waals surface area contributed by atoms with E-state index in [1.807, 2.05) is 0 Å². The lowest BCUT2D eigenvalue weighted by Gasteiger charge is -2.08. The van der Waals surface area contributed by atoms with E-state index in [1.165, 1.54) is 6.07 Å². The molecule has 17 heavy (non-hydrogen) atoms. The molecule has 0 aliphatic rings. The summed E-state index contributed by atoms with van der Waals surface area (Å²) < 4.78 is 0. The van der Waals surface area contributed by atoms with Crippen molar-refractivity contribution in [3.05, 3.63) is 34.9 Å². The molecule has 0 heterocycles. The lowest BCUT2D eigenvalue weighted by Crippen LogP contribution is -2.41. The molecule has 7 heteroatoms. The summed E-state index contributed by atoms with van der Waals surface area (Å²) in [6.07, 6.45) is 0. The zero-order chi connectivity index (χ0) is 12.8. The van der Waals surface area contributed by atoms with Crippen LogP contribution in [0.1, 0.15) is 10.4 Å². The minimum Gasteiger partial charge on any atom is -0.480 e. The zero-order valence-corrected chi connectivity index (χ0v) is 10.1. The number of thiocarbonyl (C=S) groups is 1. The Morgan fingerprint density at radius 1 is 1.35 bits per heavy atom. The Bertz CT molecular complexity index is 465. The van der Waals surface area contributed by atoms with Crippen molar-refractivity contribution in [3.8, 4) is 0 Å². The molecule has 0 aliphatic heterocycles. The van der Waals surface area contributed by atoms with Crippen LogP contribution in [0.5, 0.6) is 0 Å². The summed E-state index contributed by atoms with van der Waals surface area (Å²) in [5.74, 6) is -1.56. The predicted octanol–water partition coefficient (Wildman–Crippen LogP) is 1.03. The summed E-state index contributed by atoms with van der Waals surface area (Å²) in [6.45, 7) is -0.359. The number of hydrogen-bond donors (Lipinski definition) is 3. The highest BCUT2D eigenvalue weighted by atomic mass is 35.5. The molecule has 0 bridgehead atoms. The van der Waals surface area contributed by atoms with Crippen molar-refractivity contribution in [3.63, 3.8) is 0 Å². The smallest absolute Gasteiger partial charge is 0.322 e. The van der Waals surface area contributed by atoms with E-state index in [9.17, 15) is 9.59 Å². The number of carboxylic acids is 1. The van der Waals surface area contributed by atoms with Gasteiger partial charge in [0.15, 0.2) is 5.11 Å². The van der Waals surface area contributed by atoms with E-state index in [4.69, 9.17) is 28.9 Å². The van der Waals surface area contributed by atoms with Crippen molar-refractivity contribution in [1.82, 2.24) is 10.6 Å². The van der Waals surface area contributed by atoms with Crippen molar-refractivity contribution in [2.45, 2.75) is 0 Å². The summed E-state index contributed by atoms with van der Waals surface area (Å²) in [7, 11) is 0. The maximum absolute atomic E-state index is 11.7. The molecule has 90 valence electrons. The highest BCUT2D eigenvalue weighted by molar-refractivity contribution is 7.80. The average Bonchev–Trinajstić information content (AvgIpc) is 2.26. The van der Waals surface area contributed by atoms with Crippen LogP contribution in [-0.4, -0.2) is 28.6 Å². The topological polar surface area (TPSA) is 78.4 Å². The molecule has 1 aromatic rings. The molecular weight excluding hydrogens is 264 g/mol. The van der Waals surface area contributed by atoms with Crippen LogP contribution in [0.3, 0.4) is 0 Å². The number of rotatable bonds is 3. The van der Waals surface area contributed by atoms with Gasteiger partial charge in [-0.2, -0.15) is 0 Å². The first-order chi connectivity index (χ1) is 8.00. The first-order valence-electron chi connectivity index (χ1n) is 4.56. The van der Waals surface area contributed by atoms with Gasteiger partial charge in [-0.3, -0.25) is 14.9 Å². The van der Waals surface area contributed by atoms with Crippen molar-refractivity contribution in [2.24, 2.45) is 0 Å². The Hall–Kier alpha value is -1.66. The molecule has 0 aromatic heterocycles. The molecule has 0 fully saturated rings. The first kappa shape index (κ1) is 13.4. The largest absolute Gasteiger partial charge is 0.480 e. The fraction of sp³-hybridized carbons (Fsp3) is 0.100. The lowest BCUT2D eigenvalue weighted by molar-refractivity contribution is -0.135. The number of carbonyl (C=O) groups excluding carboxylic acids is 1. The maximum atomic E-state index is 11.7. The van der Waals surface area contributed by atoms with E-state index in [-0.39, 0.29) is 17.2 Å². The summed E-state index contributed by atoms with van der Waals surface area (Å²) in [5, 5.41) is 13.3. The fourth-order valence-corrected chi connectivity index (χ4v) is 1.40. The molecule has 1 rings (SSSR count). The number of amides is 1. The summed E-state index contributed by atoms with van der Waals surface area (Å²) in [4.78, 5) is 21.9. The zero-order valence-electron chi connectivity index (χ0n) is 8.57. The number of benzene rings is 1. The normalized spacial score (nSPS) is 9.47. The molecule has 3 N–H and O–H groups in total. The Morgan fingerprint density at radius 3 is 2.59 bits per heavy atom. The number of halogens is 1. The third-order valence-corrected chi connectivity index (χ3v) is 2.32. The SMILES string of the molecule is O=C(O)CNC(=S)NC(=O)c1ccccc1Cl. The van der Waals surface area contributed by atoms with Crippen LogP contribution in [0.4, 0.5) is 0 Å². The van der Waals surface area contributed by atoms with E-state index in [2.05, 4.69) is 10.6 Å².